The topological polar surface area (TPSA) is 66.8 Å². The first-order chi connectivity index (χ1) is 10.2. The van der Waals surface area contributed by atoms with Crippen LogP contribution in [0.5, 0.6) is 0 Å². The lowest BCUT2D eigenvalue weighted by atomic mass is 10.0. The van der Waals surface area contributed by atoms with Crippen LogP contribution in [0, 0.1) is 0 Å². The normalized spacial score (nSPS) is 12.8. The van der Waals surface area contributed by atoms with Crippen LogP contribution in [0.1, 0.15) is 79.1 Å². The van der Waals surface area contributed by atoms with Crippen LogP contribution in [-0.2, 0) is 9.53 Å². The highest BCUT2D eigenvalue weighted by Gasteiger charge is 2.29. The Labute approximate surface area is 135 Å². The monoisotopic (exact) mass is 315 g/mol. The minimum Gasteiger partial charge on any atom is -0.480 e. The van der Waals surface area contributed by atoms with Crippen LogP contribution in [0.2, 0.25) is 0 Å². The number of hydrogen-bond donors (Lipinski definition) is 1. The Morgan fingerprint density at radius 1 is 1.05 bits per heavy atom. The Morgan fingerprint density at radius 3 is 2.00 bits per heavy atom. The molecule has 0 aliphatic heterocycles. The second-order valence-corrected chi connectivity index (χ2v) is 6.86. The third kappa shape index (κ3) is 9.64. The number of amides is 1. The molecule has 22 heavy (non-hydrogen) atoms. The van der Waals surface area contributed by atoms with E-state index in [4.69, 9.17) is 4.74 Å². The number of carbonyl (C=O) groups is 2. The van der Waals surface area contributed by atoms with Crippen molar-refractivity contribution in [3.05, 3.63) is 0 Å². The molecule has 0 bridgehead atoms. The van der Waals surface area contributed by atoms with Crippen molar-refractivity contribution in [1.82, 2.24) is 4.90 Å². The number of unbranched alkanes of at least 4 members (excludes halogenated alkanes) is 6. The smallest absolute Gasteiger partial charge is 0.410 e. The molecule has 0 saturated heterocycles. The number of rotatable bonds is 10. The van der Waals surface area contributed by atoms with E-state index in [1.54, 1.807) is 20.8 Å². The van der Waals surface area contributed by atoms with E-state index < -0.39 is 23.7 Å². The number of hydrogen-bond acceptors (Lipinski definition) is 3. The van der Waals surface area contributed by atoms with Gasteiger partial charge in [-0.05, 0) is 27.2 Å². The van der Waals surface area contributed by atoms with E-state index >= 15 is 0 Å². The Hall–Kier alpha value is -1.26. The zero-order valence-electron chi connectivity index (χ0n) is 14.9. The van der Waals surface area contributed by atoms with Gasteiger partial charge >= 0.3 is 12.1 Å². The molecule has 0 heterocycles. The first-order valence-electron chi connectivity index (χ1n) is 8.37. The first kappa shape index (κ1) is 20.7. The molecular formula is C17H33NO4. The predicted molar refractivity (Wildman–Crippen MR) is 88.0 cm³/mol. The summed E-state index contributed by atoms with van der Waals surface area (Å²) in [5.74, 6) is -0.973. The van der Waals surface area contributed by atoms with E-state index in [0.717, 1.165) is 19.3 Å². The molecule has 1 unspecified atom stereocenters. The molecule has 0 rings (SSSR count). The molecule has 5 heteroatoms. The molecule has 130 valence electrons. The van der Waals surface area contributed by atoms with E-state index in [9.17, 15) is 14.7 Å². The maximum absolute atomic E-state index is 12.0. The largest absolute Gasteiger partial charge is 0.480 e. The molecule has 0 aliphatic rings. The molecule has 1 N–H and O–H groups in total. The molecule has 1 amide bonds. The molecular weight excluding hydrogens is 282 g/mol. The van der Waals surface area contributed by atoms with Gasteiger partial charge in [-0.15, -0.1) is 0 Å². The highest BCUT2D eigenvalue weighted by Crippen LogP contribution is 2.15. The van der Waals surface area contributed by atoms with E-state index in [1.807, 2.05) is 0 Å². The summed E-state index contributed by atoms with van der Waals surface area (Å²) in [5.41, 5.74) is -0.617. The molecule has 0 saturated carbocycles. The second kappa shape index (κ2) is 10.5. The average molecular weight is 315 g/mol. The van der Waals surface area contributed by atoms with Crippen molar-refractivity contribution in [1.29, 1.82) is 0 Å². The van der Waals surface area contributed by atoms with Gasteiger partial charge in [0.15, 0.2) is 0 Å². The summed E-state index contributed by atoms with van der Waals surface area (Å²) in [5, 5.41) is 9.31. The summed E-state index contributed by atoms with van der Waals surface area (Å²) in [4.78, 5) is 24.5. The lowest BCUT2D eigenvalue weighted by molar-refractivity contribution is -0.143. The van der Waals surface area contributed by atoms with Gasteiger partial charge in [0.25, 0.3) is 0 Å². The predicted octanol–water partition coefficient (Wildman–Crippen LogP) is 4.45. The van der Waals surface area contributed by atoms with Crippen LogP contribution >= 0.6 is 0 Å². The molecule has 0 spiro atoms. The van der Waals surface area contributed by atoms with E-state index in [0.29, 0.717) is 6.42 Å². The van der Waals surface area contributed by atoms with Crippen molar-refractivity contribution in [2.75, 3.05) is 7.05 Å². The van der Waals surface area contributed by atoms with Crippen LogP contribution < -0.4 is 0 Å². The van der Waals surface area contributed by atoms with Gasteiger partial charge < -0.3 is 9.84 Å². The first-order valence-corrected chi connectivity index (χ1v) is 8.37. The van der Waals surface area contributed by atoms with Gasteiger partial charge in [-0.1, -0.05) is 51.9 Å². The van der Waals surface area contributed by atoms with Crippen molar-refractivity contribution in [3.63, 3.8) is 0 Å². The number of aliphatic carboxylic acids is 1. The molecule has 0 aliphatic carbocycles. The van der Waals surface area contributed by atoms with Crippen molar-refractivity contribution < 1.29 is 19.4 Å². The Morgan fingerprint density at radius 2 is 1.55 bits per heavy atom. The molecule has 0 aromatic heterocycles. The van der Waals surface area contributed by atoms with Crippen molar-refractivity contribution in [2.45, 2.75) is 90.7 Å². The van der Waals surface area contributed by atoms with Crippen LogP contribution in [0.25, 0.3) is 0 Å². The third-order valence-corrected chi connectivity index (χ3v) is 3.52. The van der Waals surface area contributed by atoms with Gasteiger partial charge in [0.05, 0.1) is 0 Å². The quantitative estimate of drug-likeness (QED) is 0.605. The van der Waals surface area contributed by atoms with Crippen molar-refractivity contribution in [3.8, 4) is 0 Å². The van der Waals surface area contributed by atoms with Crippen molar-refractivity contribution in [2.24, 2.45) is 0 Å². The Balaban J connectivity index is 4.20. The summed E-state index contributed by atoms with van der Waals surface area (Å²) < 4.78 is 5.23. The van der Waals surface area contributed by atoms with Gasteiger partial charge in [0.2, 0.25) is 0 Å². The average Bonchev–Trinajstić information content (AvgIpc) is 2.39. The second-order valence-electron chi connectivity index (χ2n) is 6.86. The summed E-state index contributed by atoms with van der Waals surface area (Å²) >= 11 is 0. The highest BCUT2D eigenvalue weighted by molar-refractivity contribution is 5.79. The lowest BCUT2D eigenvalue weighted by Crippen LogP contribution is -2.44. The van der Waals surface area contributed by atoms with E-state index in [-0.39, 0.29) is 0 Å². The Bertz CT molecular complexity index is 336. The number of ether oxygens (including phenoxy) is 1. The van der Waals surface area contributed by atoms with Crippen LogP contribution in [0.15, 0.2) is 0 Å². The number of carbonyl (C=O) groups excluding carboxylic acids is 1. The Kier molecular flexibility index (Phi) is 9.86. The minimum absolute atomic E-state index is 0.471. The van der Waals surface area contributed by atoms with Gasteiger partial charge in [0, 0.05) is 7.05 Å². The standard InChI is InChI=1S/C17H33NO4/c1-6-7-8-9-10-11-12-13-14(15(19)20)18(5)16(21)22-17(2,3)4/h14H,6-13H2,1-5H3,(H,19,20). The summed E-state index contributed by atoms with van der Waals surface area (Å²) in [6.45, 7) is 7.49. The highest BCUT2D eigenvalue weighted by atomic mass is 16.6. The molecule has 0 fully saturated rings. The number of carboxylic acids is 1. The number of likely N-dealkylation sites (N-methyl/N-ethyl adjacent to an activating group) is 1. The summed E-state index contributed by atoms with van der Waals surface area (Å²) in [6.07, 6.45) is 7.78. The molecule has 1 atom stereocenters. The van der Waals surface area contributed by atoms with Gasteiger partial charge in [-0.2, -0.15) is 0 Å². The third-order valence-electron chi connectivity index (χ3n) is 3.52. The number of nitrogens with zero attached hydrogens (tertiary/aromatic N) is 1. The fraction of sp³-hybridized carbons (Fsp3) is 0.882. The maximum atomic E-state index is 12.0. The minimum atomic E-state index is -0.973. The molecule has 0 aromatic carbocycles. The molecule has 0 aromatic rings. The van der Waals surface area contributed by atoms with Crippen LogP contribution in [-0.4, -0.2) is 40.8 Å². The SMILES string of the molecule is CCCCCCCCCC(C(=O)O)N(C)C(=O)OC(C)(C)C. The fourth-order valence-corrected chi connectivity index (χ4v) is 2.24. The molecule has 0 radical (unpaired) electrons. The summed E-state index contributed by atoms with van der Waals surface area (Å²) in [7, 11) is 1.49. The van der Waals surface area contributed by atoms with Crippen molar-refractivity contribution >= 4 is 12.1 Å². The van der Waals surface area contributed by atoms with Gasteiger partial charge in [-0.3, -0.25) is 4.90 Å². The van der Waals surface area contributed by atoms with E-state index in [1.165, 1.54) is 37.6 Å². The zero-order valence-corrected chi connectivity index (χ0v) is 14.9. The van der Waals surface area contributed by atoms with E-state index in [2.05, 4.69) is 6.92 Å². The number of carboxylic acid groups (broad SMARTS) is 1. The summed E-state index contributed by atoms with van der Waals surface area (Å²) in [6, 6.07) is -0.814. The lowest BCUT2D eigenvalue weighted by Gasteiger charge is -2.28. The maximum Gasteiger partial charge on any atom is 0.410 e. The van der Waals surface area contributed by atoms with Crippen LogP contribution in [0.3, 0.4) is 0 Å². The zero-order chi connectivity index (χ0) is 17.2. The van der Waals surface area contributed by atoms with Gasteiger partial charge in [-0.25, -0.2) is 9.59 Å². The molecule has 5 nitrogen and oxygen atoms in total. The fourth-order valence-electron chi connectivity index (χ4n) is 2.24. The van der Waals surface area contributed by atoms with Crippen LogP contribution in [0.4, 0.5) is 4.79 Å². The van der Waals surface area contributed by atoms with Gasteiger partial charge in [0.1, 0.15) is 11.6 Å².